The second-order valence-corrected chi connectivity index (χ2v) is 4.57. The fraction of sp³-hybridized carbons (Fsp3) is 0.333. The lowest BCUT2D eigenvalue weighted by Gasteiger charge is -2.11. The molecule has 2 rings (SSSR count). The van der Waals surface area contributed by atoms with E-state index in [1.54, 1.807) is 0 Å². The molecule has 0 unspecified atom stereocenters. The molecule has 0 aliphatic carbocycles. The monoisotopic (exact) mass is 259 g/mol. The van der Waals surface area contributed by atoms with Gasteiger partial charge in [0.25, 0.3) is 0 Å². The third-order valence-corrected chi connectivity index (χ3v) is 3.05. The van der Waals surface area contributed by atoms with Crippen LogP contribution in [0.1, 0.15) is 18.4 Å². The lowest BCUT2D eigenvalue weighted by Crippen LogP contribution is -2.31. The summed E-state index contributed by atoms with van der Waals surface area (Å²) in [5.74, 6) is -0.184. The molecule has 1 fully saturated rings. The van der Waals surface area contributed by atoms with Gasteiger partial charge in [0.05, 0.1) is 6.54 Å². The molecule has 0 saturated carbocycles. The first-order valence-electron chi connectivity index (χ1n) is 6.34. The Morgan fingerprint density at radius 2 is 2.00 bits per heavy atom. The summed E-state index contributed by atoms with van der Waals surface area (Å²) >= 11 is 0. The van der Waals surface area contributed by atoms with Crippen molar-refractivity contribution in [1.29, 1.82) is 0 Å². The highest BCUT2D eigenvalue weighted by Gasteiger charge is 2.27. The summed E-state index contributed by atoms with van der Waals surface area (Å²) in [5, 5.41) is 0. The number of ether oxygens (including phenoxy) is 1. The number of nitrogens with zero attached hydrogens (tertiary/aromatic N) is 1. The van der Waals surface area contributed by atoms with Crippen LogP contribution in [0.4, 0.5) is 4.79 Å². The van der Waals surface area contributed by atoms with E-state index in [1.807, 2.05) is 30.3 Å². The molecule has 4 nitrogen and oxygen atoms in total. The van der Waals surface area contributed by atoms with Crippen molar-refractivity contribution in [3.63, 3.8) is 0 Å². The van der Waals surface area contributed by atoms with Crippen molar-refractivity contribution in [2.75, 3.05) is 13.2 Å². The highest BCUT2D eigenvalue weighted by atomic mass is 16.6. The molecule has 19 heavy (non-hydrogen) atoms. The topological polar surface area (TPSA) is 46.6 Å². The van der Waals surface area contributed by atoms with Gasteiger partial charge in [-0.1, -0.05) is 42.5 Å². The van der Waals surface area contributed by atoms with Crippen LogP contribution in [-0.4, -0.2) is 30.1 Å². The Morgan fingerprint density at radius 3 is 2.63 bits per heavy atom. The first-order chi connectivity index (χ1) is 9.16. The third-order valence-electron chi connectivity index (χ3n) is 3.05. The molecule has 0 aromatic heterocycles. The Labute approximate surface area is 112 Å². The molecular formula is C15H17NO3. The zero-order valence-electron chi connectivity index (χ0n) is 10.8. The standard InChI is InChI=1S/C15H17NO3/c1-12(11-13-5-3-2-4-6-13)7-8-14(17)16-9-10-19-15(16)18/h2-6H,1,7-11H2. The second-order valence-electron chi connectivity index (χ2n) is 4.57. The predicted molar refractivity (Wildman–Crippen MR) is 71.6 cm³/mol. The molecular weight excluding hydrogens is 242 g/mol. The lowest BCUT2D eigenvalue weighted by molar-refractivity contribution is -0.127. The van der Waals surface area contributed by atoms with Crippen LogP contribution in [-0.2, 0) is 16.0 Å². The van der Waals surface area contributed by atoms with Gasteiger partial charge in [-0.2, -0.15) is 0 Å². The molecule has 1 aliphatic heterocycles. The van der Waals surface area contributed by atoms with E-state index in [2.05, 4.69) is 6.58 Å². The zero-order chi connectivity index (χ0) is 13.7. The maximum absolute atomic E-state index is 11.8. The highest BCUT2D eigenvalue weighted by Crippen LogP contribution is 2.14. The fourth-order valence-electron chi connectivity index (χ4n) is 2.01. The van der Waals surface area contributed by atoms with Gasteiger partial charge >= 0.3 is 6.09 Å². The average Bonchev–Trinajstić information content (AvgIpc) is 2.83. The Bertz CT molecular complexity index is 481. The van der Waals surface area contributed by atoms with Gasteiger partial charge in [0, 0.05) is 6.42 Å². The Hall–Kier alpha value is -2.10. The summed E-state index contributed by atoms with van der Waals surface area (Å²) in [6.07, 6.45) is 1.13. The maximum atomic E-state index is 11.8. The molecule has 100 valence electrons. The molecule has 1 aliphatic rings. The predicted octanol–water partition coefficient (Wildman–Crippen LogP) is 2.54. The number of rotatable bonds is 5. The number of hydrogen-bond donors (Lipinski definition) is 0. The van der Waals surface area contributed by atoms with E-state index in [9.17, 15) is 9.59 Å². The van der Waals surface area contributed by atoms with E-state index < -0.39 is 6.09 Å². The number of imide groups is 1. The normalized spacial score (nSPS) is 14.3. The van der Waals surface area contributed by atoms with Gasteiger partial charge in [-0.05, 0) is 18.4 Å². The molecule has 4 heteroatoms. The highest BCUT2D eigenvalue weighted by molar-refractivity contribution is 5.92. The number of hydrogen-bond acceptors (Lipinski definition) is 3. The van der Waals surface area contributed by atoms with Crippen molar-refractivity contribution < 1.29 is 14.3 Å². The minimum absolute atomic E-state index is 0.184. The maximum Gasteiger partial charge on any atom is 0.416 e. The van der Waals surface area contributed by atoms with Gasteiger partial charge in [0.2, 0.25) is 5.91 Å². The second kappa shape index (κ2) is 6.18. The summed E-state index contributed by atoms with van der Waals surface area (Å²) in [4.78, 5) is 24.2. The van der Waals surface area contributed by atoms with Crippen molar-refractivity contribution in [2.24, 2.45) is 0 Å². The molecule has 0 radical (unpaired) electrons. The van der Waals surface area contributed by atoms with Crippen LogP contribution in [0.3, 0.4) is 0 Å². The SMILES string of the molecule is C=C(CCC(=O)N1CCOC1=O)Cc1ccccc1. The van der Waals surface area contributed by atoms with Crippen molar-refractivity contribution in [3.05, 3.63) is 48.0 Å². The Balaban J connectivity index is 1.77. The van der Waals surface area contributed by atoms with Crippen molar-refractivity contribution in [1.82, 2.24) is 4.90 Å². The first kappa shape index (κ1) is 13.3. The molecule has 1 aromatic carbocycles. The minimum atomic E-state index is -0.529. The smallest absolute Gasteiger partial charge is 0.416 e. The van der Waals surface area contributed by atoms with Gasteiger partial charge in [-0.25, -0.2) is 9.69 Å². The van der Waals surface area contributed by atoms with Crippen molar-refractivity contribution >= 4 is 12.0 Å². The summed E-state index contributed by atoms with van der Waals surface area (Å²) < 4.78 is 4.73. The van der Waals surface area contributed by atoms with Crippen LogP contribution in [0, 0.1) is 0 Å². The van der Waals surface area contributed by atoms with Crippen LogP contribution in [0.5, 0.6) is 0 Å². The summed E-state index contributed by atoms with van der Waals surface area (Å²) in [7, 11) is 0. The average molecular weight is 259 g/mol. The molecule has 0 spiro atoms. The first-order valence-corrected chi connectivity index (χ1v) is 6.34. The Morgan fingerprint density at radius 1 is 1.26 bits per heavy atom. The minimum Gasteiger partial charge on any atom is -0.447 e. The molecule has 1 heterocycles. The third kappa shape index (κ3) is 3.68. The van der Waals surface area contributed by atoms with Crippen molar-refractivity contribution in [3.8, 4) is 0 Å². The zero-order valence-corrected chi connectivity index (χ0v) is 10.8. The molecule has 0 bridgehead atoms. The summed E-state index contributed by atoms with van der Waals surface area (Å²) in [5.41, 5.74) is 2.17. The Kier molecular flexibility index (Phi) is 4.34. The number of amides is 2. The van der Waals surface area contributed by atoms with Gasteiger partial charge < -0.3 is 4.74 Å². The van der Waals surface area contributed by atoms with Crippen LogP contribution in [0.15, 0.2) is 42.5 Å². The summed E-state index contributed by atoms with van der Waals surface area (Å²) in [6, 6.07) is 9.99. The van der Waals surface area contributed by atoms with E-state index in [0.29, 0.717) is 26.0 Å². The number of allylic oxidation sites excluding steroid dienone is 1. The molecule has 0 atom stereocenters. The summed E-state index contributed by atoms with van der Waals surface area (Å²) in [6.45, 7) is 4.65. The van der Waals surface area contributed by atoms with Gasteiger partial charge in [0.1, 0.15) is 6.61 Å². The largest absolute Gasteiger partial charge is 0.447 e. The quantitative estimate of drug-likeness (QED) is 0.763. The van der Waals surface area contributed by atoms with E-state index in [-0.39, 0.29) is 5.91 Å². The van der Waals surface area contributed by atoms with Crippen LogP contribution in [0.25, 0.3) is 0 Å². The van der Waals surface area contributed by atoms with Gasteiger partial charge in [-0.15, -0.1) is 0 Å². The van der Waals surface area contributed by atoms with Crippen LogP contribution in [0.2, 0.25) is 0 Å². The molecule has 2 amide bonds. The fourth-order valence-corrected chi connectivity index (χ4v) is 2.01. The lowest BCUT2D eigenvalue weighted by atomic mass is 10.0. The molecule has 1 saturated heterocycles. The van der Waals surface area contributed by atoms with Crippen LogP contribution < -0.4 is 0 Å². The van der Waals surface area contributed by atoms with Crippen LogP contribution >= 0.6 is 0 Å². The van der Waals surface area contributed by atoms with E-state index in [4.69, 9.17) is 4.74 Å². The number of carbonyl (C=O) groups excluding carboxylic acids is 2. The number of cyclic esters (lactones) is 1. The van der Waals surface area contributed by atoms with E-state index in [0.717, 1.165) is 16.9 Å². The molecule has 1 aromatic rings. The number of benzene rings is 1. The molecule has 0 N–H and O–H groups in total. The van der Waals surface area contributed by atoms with Gasteiger partial charge in [0.15, 0.2) is 0 Å². The van der Waals surface area contributed by atoms with Crippen molar-refractivity contribution in [2.45, 2.75) is 19.3 Å². The van der Waals surface area contributed by atoms with E-state index in [1.165, 1.54) is 5.56 Å². The van der Waals surface area contributed by atoms with E-state index >= 15 is 0 Å². The van der Waals surface area contributed by atoms with Gasteiger partial charge in [-0.3, -0.25) is 4.79 Å². The number of carbonyl (C=O) groups is 2.